The van der Waals surface area contributed by atoms with E-state index in [-0.39, 0.29) is 11.0 Å². The molecule has 0 radical (unpaired) electrons. The van der Waals surface area contributed by atoms with Gasteiger partial charge in [0.1, 0.15) is 5.78 Å². The van der Waals surface area contributed by atoms with Crippen molar-refractivity contribution in [3.63, 3.8) is 0 Å². The van der Waals surface area contributed by atoms with Crippen molar-refractivity contribution in [1.82, 2.24) is 9.97 Å². The van der Waals surface area contributed by atoms with Gasteiger partial charge in [0, 0.05) is 17.8 Å². The summed E-state index contributed by atoms with van der Waals surface area (Å²) in [7, 11) is 0. The third-order valence-corrected chi connectivity index (χ3v) is 3.71. The topological polar surface area (TPSA) is 42.9 Å². The highest BCUT2D eigenvalue weighted by Crippen LogP contribution is 2.22. The maximum Gasteiger partial charge on any atom is 0.188 e. The van der Waals surface area contributed by atoms with E-state index in [9.17, 15) is 4.79 Å². The molecule has 16 heavy (non-hydrogen) atoms. The Morgan fingerprint density at radius 3 is 2.19 bits per heavy atom. The van der Waals surface area contributed by atoms with E-state index in [0.29, 0.717) is 11.6 Å². The van der Waals surface area contributed by atoms with Gasteiger partial charge >= 0.3 is 0 Å². The van der Waals surface area contributed by atoms with Gasteiger partial charge in [0.2, 0.25) is 0 Å². The summed E-state index contributed by atoms with van der Waals surface area (Å²) in [5.41, 5.74) is 3.11. The number of nitrogens with zero attached hydrogens (tertiary/aromatic N) is 2. The summed E-state index contributed by atoms with van der Waals surface area (Å²) in [5, 5.41) is 0.640. The van der Waals surface area contributed by atoms with E-state index >= 15 is 0 Å². The molecule has 88 valence electrons. The quantitative estimate of drug-likeness (QED) is 0.597. The number of rotatable bonds is 4. The Bertz CT molecular complexity index is 381. The molecule has 0 aliphatic heterocycles. The van der Waals surface area contributed by atoms with E-state index < -0.39 is 0 Å². The molecule has 1 atom stereocenters. The lowest BCUT2D eigenvalue weighted by Crippen LogP contribution is -2.12. The van der Waals surface area contributed by atoms with Crippen LogP contribution in [-0.2, 0) is 4.79 Å². The molecule has 0 spiro atoms. The average Bonchev–Trinajstić information content (AvgIpc) is 2.24. The minimum atomic E-state index is -0.0634. The van der Waals surface area contributed by atoms with Crippen LogP contribution in [0, 0.1) is 20.8 Å². The molecule has 1 unspecified atom stereocenters. The van der Waals surface area contributed by atoms with Gasteiger partial charge in [0.25, 0.3) is 0 Å². The molecule has 0 aliphatic rings. The van der Waals surface area contributed by atoms with Crippen LogP contribution in [0.4, 0.5) is 0 Å². The molecule has 0 bridgehead atoms. The monoisotopic (exact) mass is 238 g/mol. The Labute approximate surface area is 101 Å². The number of aromatic nitrogens is 2. The average molecular weight is 238 g/mol. The molecule has 1 aromatic rings. The van der Waals surface area contributed by atoms with Gasteiger partial charge in [0.15, 0.2) is 5.16 Å². The molecule has 0 saturated carbocycles. The minimum absolute atomic E-state index is 0.0634. The molecule has 3 nitrogen and oxygen atoms in total. The fourth-order valence-electron chi connectivity index (χ4n) is 1.31. The van der Waals surface area contributed by atoms with Crippen molar-refractivity contribution >= 4 is 17.5 Å². The number of Topliss-reactive ketones (excluding diaryl/α,β-unsaturated/α-hetero) is 1. The molecule has 1 aromatic heterocycles. The zero-order chi connectivity index (χ0) is 12.3. The molecule has 0 N–H and O–H groups in total. The lowest BCUT2D eigenvalue weighted by molar-refractivity contribution is -0.118. The van der Waals surface area contributed by atoms with Crippen LogP contribution in [0.25, 0.3) is 0 Å². The molecule has 1 rings (SSSR count). The highest BCUT2D eigenvalue weighted by Gasteiger charge is 2.15. The van der Waals surface area contributed by atoms with Crippen molar-refractivity contribution in [2.75, 3.05) is 0 Å². The molecule has 1 heterocycles. The van der Waals surface area contributed by atoms with Gasteiger partial charge in [-0.1, -0.05) is 18.7 Å². The highest BCUT2D eigenvalue weighted by atomic mass is 32.2. The van der Waals surface area contributed by atoms with Gasteiger partial charge in [-0.3, -0.25) is 4.79 Å². The standard InChI is InChI=1S/C12H18N2OS/c1-6-11(15)10(5)16-12-13-8(3)7(2)9(4)14-12/h10H,6H2,1-5H3. The molecule has 0 fully saturated rings. The van der Waals surface area contributed by atoms with Gasteiger partial charge in [-0.2, -0.15) is 0 Å². The van der Waals surface area contributed by atoms with Gasteiger partial charge in [0.05, 0.1) is 5.25 Å². The summed E-state index contributed by atoms with van der Waals surface area (Å²) < 4.78 is 0. The maximum absolute atomic E-state index is 11.5. The van der Waals surface area contributed by atoms with Crippen LogP contribution in [-0.4, -0.2) is 21.0 Å². The smallest absolute Gasteiger partial charge is 0.188 e. The van der Waals surface area contributed by atoms with Crippen LogP contribution >= 0.6 is 11.8 Å². The minimum Gasteiger partial charge on any atom is -0.298 e. The zero-order valence-corrected chi connectivity index (χ0v) is 11.3. The summed E-state index contributed by atoms with van der Waals surface area (Å²) in [6, 6.07) is 0. The van der Waals surface area contributed by atoms with Crippen LogP contribution < -0.4 is 0 Å². The van der Waals surface area contributed by atoms with E-state index in [0.717, 1.165) is 17.0 Å². The van der Waals surface area contributed by atoms with Crippen LogP contribution in [0.5, 0.6) is 0 Å². The Hall–Kier alpha value is -0.900. The number of ketones is 1. The second-order valence-electron chi connectivity index (χ2n) is 3.88. The van der Waals surface area contributed by atoms with Crippen molar-refractivity contribution in [2.24, 2.45) is 0 Å². The first-order valence-electron chi connectivity index (χ1n) is 5.47. The van der Waals surface area contributed by atoms with E-state index in [1.165, 1.54) is 11.8 Å². The number of thioether (sulfide) groups is 1. The normalized spacial score (nSPS) is 12.6. The molecular weight excluding hydrogens is 220 g/mol. The van der Waals surface area contributed by atoms with Crippen molar-refractivity contribution in [1.29, 1.82) is 0 Å². The fourth-order valence-corrected chi connectivity index (χ4v) is 2.30. The number of carbonyl (C=O) groups excluding carboxylic acids is 1. The molecular formula is C12H18N2OS. The van der Waals surface area contributed by atoms with Crippen LogP contribution in [0.2, 0.25) is 0 Å². The lowest BCUT2D eigenvalue weighted by Gasteiger charge is -2.10. The number of carbonyl (C=O) groups is 1. The number of hydrogen-bond donors (Lipinski definition) is 0. The maximum atomic E-state index is 11.5. The van der Waals surface area contributed by atoms with E-state index in [4.69, 9.17) is 0 Å². The second kappa shape index (κ2) is 5.43. The zero-order valence-electron chi connectivity index (χ0n) is 10.5. The number of aryl methyl sites for hydroxylation is 2. The van der Waals surface area contributed by atoms with Crippen LogP contribution in [0.15, 0.2) is 5.16 Å². The summed E-state index contributed by atoms with van der Waals surface area (Å²) >= 11 is 1.44. The fraction of sp³-hybridized carbons (Fsp3) is 0.583. The predicted molar refractivity (Wildman–Crippen MR) is 66.9 cm³/mol. The predicted octanol–water partition coefficient (Wildman–Crippen LogP) is 2.86. The first kappa shape index (κ1) is 13.2. The second-order valence-corrected chi connectivity index (χ2v) is 5.19. The third-order valence-electron chi connectivity index (χ3n) is 2.70. The molecule has 0 amide bonds. The molecule has 0 aromatic carbocycles. The lowest BCUT2D eigenvalue weighted by atomic mass is 10.2. The Morgan fingerprint density at radius 1 is 1.25 bits per heavy atom. The first-order valence-corrected chi connectivity index (χ1v) is 6.34. The van der Waals surface area contributed by atoms with Crippen molar-refractivity contribution in [3.05, 3.63) is 17.0 Å². The van der Waals surface area contributed by atoms with Gasteiger partial charge in [-0.25, -0.2) is 9.97 Å². The Balaban J connectivity index is 2.86. The Morgan fingerprint density at radius 2 is 1.75 bits per heavy atom. The Kier molecular flexibility index (Phi) is 4.47. The number of hydrogen-bond acceptors (Lipinski definition) is 4. The van der Waals surface area contributed by atoms with Gasteiger partial charge in [-0.05, 0) is 33.3 Å². The largest absolute Gasteiger partial charge is 0.298 e. The van der Waals surface area contributed by atoms with E-state index in [1.54, 1.807) is 0 Å². The van der Waals surface area contributed by atoms with Gasteiger partial charge in [-0.15, -0.1) is 0 Å². The highest BCUT2D eigenvalue weighted by molar-refractivity contribution is 8.00. The molecule has 4 heteroatoms. The van der Waals surface area contributed by atoms with Crippen molar-refractivity contribution < 1.29 is 4.79 Å². The first-order chi connectivity index (χ1) is 7.45. The van der Waals surface area contributed by atoms with Crippen LogP contribution in [0.1, 0.15) is 37.2 Å². The van der Waals surface area contributed by atoms with Crippen LogP contribution in [0.3, 0.4) is 0 Å². The van der Waals surface area contributed by atoms with E-state index in [2.05, 4.69) is 9.97 Å². The summed E-state index contributed by atoms with van der Waals surface area (Å²) in [6.45, 7) is 9.75. The van der Waals surface area contributed by atoms with Crippen molar-refractivity contribution in [3.8, 4) is 0 Å². The van der Waals surface area contributed by atoms with Gasteiger partial charge < -0.3 is 0 Å². The SMILES string of the molecule is CCC(=O)C(C)Sc1nc(C)c(C)c(C)n1. The van der Waals surface area contributed by atoms with Crippen molar-refractivity contribution in [2.45, 2.75) is 51.4 Å². The summed E-state index contributed by atoms with van der Waals surface area (Å²) in [4.78, 5) is 20.3. The summed E-state index contributed by atoms with van der Waals surface area (Å²) in [6.07, 6.45) is 0.567. The molecule has 0 aliphatic carbocycles. The van der Waals surface area contributed by atoms with E-state index in [1.807, 2.05) is 34.6 Å². The summed E-state index contributed by atoms with van der Waals surface area (Å²) in [5.74, 6) is 0.240. The third kappa shape index (κ3) is 3.04. The molecule has 0 saturated heterocycles.